The fraction of sp³-hybridized carbons (Fsp3) is 0.250. The summed E-state index contributed by atoms with van der Waals surface area (Å²) in [5, 5.41) is 2.51. The van der Waals surface area contributed by atoms with Crippen LogP contribution in [0.25, 0.3) is 0 Å². The lowest BCUT2D eigenvalue weighted by atomic mass is 10.1. The minimum absolute atomic E-state index is 0.0199. The van der Waals surface area contributed by atoms with Crippen LogP contribution in [0.3, 0.4) is 0 Å². The van der Waals surface area contributed by atoms with Gasteiger partial charge in [0.2, 0.25) is 15.9 Å². The Hall–Kier alpha value is -3.04. The van der Waals surface area contributed by atoms with Crippen molar-refractivity contribution < 1.29 is 22.8 Å². The predicted octanol–water partition coefficient (Wildman–Crippen LogP) is 0.994. The van der Waals surface area contributed by atoms with Crippen molar-refractivity contribution in [2.24, 2.45) is 0 Å². The number of carbonyl (C=O) groups is 3. The van der Waals surface area contributed by atoms with E-state index in [1.165, 1.54) is 18.2 Å². The normalized spacial score (nSPS) is 13.5. The molecule has 152 valence electrons. The van der Waals surface area contributed by atoms with Gasteiger partial charge in [-0.05, 0) is 49.2 Å². The molecule has 0 radical (unpaired) electrons. The van der Waals surface area contributed by atoms with Gasteiger partial charge in [0, 0.05) is 13.1 Å². The summed E-state index contributed by atoms with van der Waals surface area (Å²) in [5.41, 5.74) is 2.39. The minimum atomic E-state index is -3.69. The molecule has 1 aliphatic rings. The molecule has 8 nitrogen and oxygen atoms in total. The molecule has 29 heavy (non-hydrogen) atoms. The number of fused-ring (bicyclic) bond motifs is 1. The molecule has 9 heteroatoms. The van der Waals surface area contributed by atoms with Gasteiger partial charge in [-0.15, -0.1) is 0 Å². The van der Waals surface area contributed by atoms with Gasteiger partial charge in [0.25, 0.3) is 11.8 Å². The largest absolute Gasteiger partial charge is 0.353 e. The summed E-state index contributed by atoms with van der Waals surface area (Å²) >= 11 is 0. The van der Waals surface area contributed by atoms with Gasteiger partial charge in [0.1, 0.15) is 6.54 Å². The summed E-state index contributed by atoms with van der Waals surface area (Å²) in [7, 11) is -3.69. The summed E-state index contributed by atoms with van der Waals surface area (Å²) in [4.78, 5) is 37.6. The third-order valence-electron chi connectivity index (χ3n) is 4.71. The van der Waals surface area contributed by atoms with E-state index in [1.807, 2.05) is 13.8 Å². The van der Waals surface area contributed by atoms with Crippen LogP contribution in [0.4, 0.5) is 0 Å². The van der Waals surface area contributed by atoms with Crippen LogP contribution in [0.2, 0.25) is 0 Å². The molecule has 1 heterocycles. The van der Waals surface area contributed by atoms with E-state index in [2.05, 4.69) is 10.0 Å². The van der Waals surface area contributed by atoms with E-state index in [-0.39, 0.29) is 29.1 Å². The van der Waals surface area contributed by atoms with Gasteiger partial charge < -0.3 is 5.32 Å². The van der Waals surface area contributed by atoms with Gasteiger partial charge in [-0.2, -0.15) is 0 Å². The van der Waals surface area contributed by atoms with E-state index < -0.39 is 34.3 Å². The molecule has 0 fully saturated rings. The molecular formula is C20H21N3O5S. The highest BCUT2D eigenvalue weighted by atomic mass is 32.2. The molecule has 0 aliphatic carbocycles. The smallest absolute Gasteiger partial charge is 0.262 e. The zero-order chi connectivity index (χ0) is 21.2. The van der Waals surface area contributed by atoms with E-state index in [1.54, 1.807) is 24.3 Å². The average Bonchev–Trinajstić information content (AvgIpc) is 2.92. The summed E-state index contributed by atoms with van der Waals surface area (Å²) < 4.78 is 27.0. The summed E-state index contributed by atoms with van der Waals surface area (Å²) in [6.45, 7) is 3.29. The van der Waals surface area contributed by atoms with Crippen molar-refractivity contribution >= 4 is 27.7 Å². The van der Waals surface area contributed by atoms with Gasteiger partial charge in [-0.1, -0.05) is 18.2 Å². The first-order chi connectivity index (χ1) is 13.7. The van der Waals surface area contributed by atoms with Crippen LogP contribution in [0.5, 0.6) is 0 Å². The van der Waals surface area contributed by atoms with Crippen molar-refractivity contribution in [3.05, 3.63) is 64.7 Å². The van der Waals surface area contributed by atoms with E-state index in [0.29, 0.717) is 0 Å². The molecule has 2 N–H and O–H groups in total. The number of aryl methyl sites for hydroxylation is 2. The number of benzene rings is 2. The molecule has 1 aliphatic heterocycles. The van der Waals surface area contributed by atoms with Crippen molar-refractivity contribution in [3.63, 3.8) is 0 Å². The highest BCUT2D eigenvalue weighted by molar-refractivity contribution is 7.89. The number of hydrogen-bond donors (Lipinski definition) is 2. The van der Waals surface area contributed by atoms with Crippen LogP contribution in [-0.2, 0) is 14.8 Å². The van der Waals surface area contributed by atoms with Crippen LogP contribution in [-0.4, -0.2) is 50.7 Å². The highest BCUT2D eigenvalue weighted by Gasteiger charge is 2.36. The maximum Gasteiger partial charge on any atom is 0.262 e. The lowest BCUT2D eigenvalue weighted by Crippen LogP contribution is -2.42. The van der Waals surface area contributed by atoms with E-state index in [9.17, 15) is 22.8 Å². The second-order valence-electron chi connectivity index (χ2n) is 6.74. The number of carbonyl (C=O) groups excluding carboxylic acids is 3. The Morgan fingerprint density at radius 3 is 2.14 bits per heavy atom. The number of hydrogen-bond acceptors (Lipinski definition) is 5. The first-order valence-corrected chi connectivity index (χ1v) is 10.5. The third-order valence-corrected chi connectivity index (χ3v) is 6.17. The molecule has 0 spiro atoms. The fourth-order valence-electron chi connectivity index (χ4n) is 2.93. The maximum atomic E-state index is 12.3. The monoisotopic (exact) mass is 415 g/mol. The Balaban J connectivity index is 1.50. The van der Waals surface area contributed by atoms with Gasteiger partial charge in [0.15, 0.2) is 0 Å². The van der Waals surface area contributed by atoms with Crippen LogP contribution >= 0.6 is 0 Å². The number of nitrogens with one attached hydrogen (secondary N) is 2. The third kappa shape index (κ3) is 4.36. The molecule has 0 aromatic heterocycles. The zero-order valence-corrected chi connectivity index (χ0v) is 16.9. The Kier molecular flexibility index (Phi) is 5.81. The van der Waals surface area contributed by atoms with Crippen LogP contribution in [0.1, 0.15) is 31.8 Å². The van der Waals surface area contributed by atoms with E-state index in [0.717, 1.165) is 16.0 Å². The number of rotatable bonds is 7. The molecule has 2 aromatic carbocycles. The molecule has 0 saturated heterocycles. The Bertz CT molecular complexity index is 1060. The first kappa shape index (κ1) is 20.7. The second kappa shape index (κ2) is 8.14. The Morgan fingerprint density at radius 2 is 1.55 bits per heavy atom. The number of nitrogens with zero attached hydrogens (tertiary/aromatic N) is 1. The maximum absolute atomic E-state index is 12.3. The molecule has 3 rings (SSSR count). The molecule has 0 atom stereocenters. The average molecular weight is 415 g/mol. The quantitative estimate of drug-likeness (QED) is 0.517. The summed E-state index contributed by atoms with van der Waals surface area (Å²) in [6, 6.07) is 11.2. The van der Waals surface area contributed by atoms with Crippen molar-refractivity contribution in [1.29, 1.82) is 0 Å². The van der Waals surface area contributed by atoms with Crippen LogP contribution in [0.15, 0.2) is 47.4 Å². The number of sulfonamides is 1. The molecule has 0 bridgehead atoms. The topological polar surface area (TPSA) is 113 Å². The standard InChI is InChI=1S/C20H21N3O5S/c1-13-7-8-15(11-14(13)2)29(27,28)22-10-9-21-18(24)12-23-19(25)16-5-3-4-6-17(16)20(23)26/h3-8,11,22H,9-10,12H2,1-2H3,(H,21,24). The predicted molar refractivity (Wildman–Crippen MR) is 106 cm³/mol. The lowest BCUT2D eigenvalue weighted by molar-refractivity contribution is -0.121. The Labute approximate surface area is 169 Å². The van der Waals surface area contributed by atoms with Crippen molar-refractivity contribution in [3.8, 4) is 0 Å². The zero-order valence-electron chi connectivity index (χ0n) is 16.1. The SMILES string of the molecule is Cc1ccc(S(=O)(=O)NCCNC(=O)CN2C(=O)c3ccccc3C2=O)cc1C. The van der Waals surface area contributed by atoms with Crippen molar-refractivity contribution in [2.75, 3.05) is 19.6 Å². The van der Waals surface area contributed by atoms with Gasteiger partial charge in [-0.3, -0.25) is 19.3 Å². The van der Waals surface area contributed by atoms with E-state index >= 15 is 0 Å². The second-order valence-corrected chi connectivity index (χ2v) is 8.50. The Morgan fingerprint density at radius 1 is 0.931 bits per heavy atom. The van der Waals surface area contributed by atoms with Gasteiger partial charge in [-0.25, -0.2) is 13.1 Å². The van der Waals surface area contributed by atoms with Crippen molar-refractivity contribution in [2.45, 2.75) is 18.7 Å². The number of imide groups is 1. The minimum Gasteiger partial charge on any atom is -0.353 e. The fourth-order valence-corrected chi connectivity index (χ4v) is 4.05. The van der Waals surface area contributed by atoms with Crippen LogP contribution in [0, 0.1) is 13.8 Å². The molecule has 3 amide bonds. The van der Waals surface area contributed by atoms with E-state index in [4.69, 9.17) is 0 Å². The summed E-state index contributed by atoms with van der Waals surface area (Å²) in [5.74, 6) is -1.59. The molecule has 2 aromatic rings. The molecule has 0 saturated carbocycles. The van der Waals surface area contributed by atoms with Gasteiger partial charge >= 0.3 is 0 Å². The lowest BCUT2D eigenvalue weighted by Gasteiger charge is -2.14. The van der Waals surface area contributed by atoms with Crippen LogP contribution < -0.4 is 10.0 Å². The molecular weight excluding hydrogens is 394 g/mol. The number of amides is 3. The van der Waals surface area contributed by atoms with Gasteiger partial charge in [0.05, 0.1) is 16.0 Å². The summed E-state index contributed by atoms with van der Waals surface area (Å²) in [6.07, 6.45) is 0. The van der Waals surface area contributed by atoms with Crippen molar-refractivity contribution in [1.82, 2.24) is 14.9 Å². The molecule has 0 unspecified atom stereocenters. The highest BCUT2D eigenvalue weighted by Crippen LogP contribution is 2.21. The first-order valence-electron chi connectivity index (χ1n) is 8.99.